The van der Waals surface area contributed by atoms with Crippen LogP contribution in [0.1, 0.15) is 51.4 Å². The smallest absolute Gasteiger partial charge is 0.211 e. The largest absolute Gasteiger partial charge is 0.393 e. The summed E-state index contributed by atoms with van der Waals surface area (Å²) in [6, 6.07) is 0. The predicted molar refractivity (Wildman–Crippen MR) is 73.2 cm³/mol. The van der Waals surface area contributed by atoms with E-state index in [2.05, 4.69) is 10.2 Å². The standard InChI is InChI=1S/C13H24N4O/c14-12(15)17-16-9-10-1-5-13(6-2-10)7-3-11(18)4-8-13/h9-11,18H,1-8H2,(H4,14,15,17)/b16-9+. The Bertz CT molecular complexity index is 318. The zero-order valence-electron chi connectivity index (χ0n) is 10.9. The molecule has 5 N–H and O–H groups in total. The van der Waals surface area contributed by atoms with E-state index in [1.807, 2.05) is 6.21 Å². The fraction of sp³-hybridized carbons (Fsp3) is 0.846. The molecule has 0 unspecified atom stereocenters. The van der Waals surface area contributed by atoms with Gasteiger partial charge in [-0.25, -0.2) is 0 Å². The van der Waals surface area contributed by atoms with Crippen molar-refractivity contribution in [3.8, 4) is 0 Å². The third-order valence-corrected chi connectivity index (χ3v) is 4.56. The second-order valence-corrected chi connectivity index (χ2v) is 5.86. The zero-order chi connectivity index (χ0) is 13.0. The summed E-state index contributed by atoms with van der Waals surface area (Å²) in [5.41, 5.74) is 10.9. The van der Waals surface area contributed by atoms with Crippen LogP contribution in [0.25, 0.3) is 0 Å². The Morgan fingerprint density at radius 2 is 1.61 bits per heavy atom. The predicted octanol–water partition coefficient (Wildman–Crippen LogP) is 1.36. The van der Waals surface area contributed by atoms with Crippen LogP contribution in [0.4, 0.5) is 0 Å². The lowest BCUT2D eigenvalue weighted by atomic mass is 9.63. The Balaban J connectivity index is 1.81. The lowest BCUT2D eigenvalue weighted by Gasteiger charge is -2.43. The molecule has 2 saturated carbocycles. The number of rotatable bonds is 2. The molecule has 0 atom stereocenters. The van der Waals surface area contributed by atoms with Crippen molar-refractivity contribution < 1.29 is 5.11 Å². The van der Waals surface area contributed by atoms with Gasteiger partial charge in [0.15, 0.2) is 0 Å². The second kappa shape index (κ2) is 5.69. The number of nitrogens with zero attached hydrogens (tertiary/aromatic N) is 2. The van der Waals surface area contributed by atoms with Gasteiger partial charge in [-0.3, -0.25) is 0 Å². The number of hydrogen-bond acceptors (Lipinski definition) is 3. The van der Waals surface area contributed by atoms with Crippen LogP contribution in [0.2, 0.25) is 0 Å². The Labute approximate surface area is 108 Å². The molecule has 18 heavy (non-hydrogen) atoms. The van der Waals surface area contributed by atoms with E-state index in [0.717, 1.165) is 12.8 Å². The first kappa shape index (κ1) is 13.3. The molecule has 5 heteroatoms. The molecule has 2 rings (SSSR count). The van der Waals surface area contributed by atoms with Crippen molar-refractivity contribution in [2.45, 2.75) is 57.5 Å². The molecule has 2 aliphatic rings. The molecule has 102 valence electrons. The molecule has 0 amide bonds. The van der Waals surface area contributed by atoms with E-state index in [-0.39, 0.29) is 12.1 Å². The lowest BCUT2D eigenvalue weighted by molar-refractivity contribution is 0.0354. The van der Waals surface area contributed by atoms with Gasteiger partial charge in [0.05, 0.1) is 6.10 Å². The Morgan fingerprint density at radius 1 is 1.06 bits per heavy atom. The molecule has 5 nitrogen and oxygen atoms in total. The van der Waals surface area contributed by atoms with E-state index in [9.17, 15) is 5.11 Å². The highest BCUT2D eigenvalue weighted by atomic mass is 16.3. The third kappa shape index (κ3) is 3.45. The average Bonchev–Trinajstić information content (AvgIpc) is 2.35. The fourth-order valence-corrected chi connectivity index (χ4v) is 3.31. The van der Waals surface area contributed by atoms with Crippen molar-refractivity contribution in [2.75, 3.05) is 0 Å². The molecule has 0 aromatic carbocycles. The van der Waals surface area contributed by atoms with Gasteiger partial charge in [0.2, 0.25) is 5.96 Å². The van der Waals surface area contributed by atoms with Crippen LogP contribution in [0.5, 0.6) is 0 Å². The molecule has 0 aromatic heterocycles. The quantitative estimate of drug-likeness (QED) is 0.393. The highest BCUT2D eigenvalue weighted by molar-refractivity contribution is 5.76. The summed E-state index contributed by atoms with van der Waals surface area (Å²) in [5.74, 6) is 0.519. The maximum Gasteiger partial charge on any atom is 0.211 e. The minimum Gasteiger partial charge on any atom is -0.393 e. The molecule has 2 aliphatic carbocycles. The number of hydrogen-bond donors (Lipinski definition) is 3. The monoisotopic (exact) mass is 252 g/mol. The van der Waals surface area contributed by atoms with Crippen LogP contribution in [0.15, 0.2) is 10.2 Å². The van der Waals surface area contributed by atoms with Crippen molar-refractivity contribution in [1.29, 1.82) is 0 Å². The van der Waals surface area contributed by atoms with Crippen LogP contribution in [0.3, 0.4) is 0 Å². The normalized spacial score (nSPS) is 36.9. The van der Waals surface area contributed by atoms with Crippen LogP contribution in [-0.4, -0.2) is 23.4 Å². The van der Waals surface area contributed by atoms with Crippen molar-refractivity contribution in [2.24, 2.45) is 33.0 Å². The summed E-state index contributed by atoms with van der Waals surface area (Å²) in [7, 11) is 0. The summed E-state index contributed by atoms with van der Waals surface area (Å²) in [6.45, 7) is 0. The van der Waals surface area contributed by atoms with Gasteiger partial charge in [0, 0.05) is 6.21 Å². The maximum atomic E-state index is 9.58. The second-order valence-electron chi connectivity index (χ2n) is 5.86. The molecule has 1 spiro atoms. The van der Waals surface area contributed by atoms with Crippen molar-refractivity contribution in [1.82, 2.24) is 0 Å². The van der Waals surface area contributed by atoms with Crippen LogP contribution < -0.4 is 11.5 Å². The van der Waals surface area contributed by atoms with Gasteiger partial charge in [-0.05, 0) is 62.7 Å². The van der Waals surface area contributed by atoms with Crippen LogP contribution in [0, 0.1) is 11.3 Å². The first-order valence-electron chi connectivity index (χ1n) is 6.90. The topological polar surface area (TPSA) is 97.0 Å². The van der Waals surface area contributed by atoms with Gasteiger partial charge in [-0.15, -0.1) is 5.10 Å². The minimum absolute atomic E-state index is 0.0137. The Kier molecular flexibility index (Phi) is 4.22. The van der Waals surface area contributed by atoms with Crippen molar-refractivity contribution >= 4 is 12.2 Å². The van der Waals surface area contributed by atoms with E-state index in [4.69, 9.17) is 11.5 Å². The minimum atomic E-state index is -0.0585. The fourth-order valence-electron chi connectivity index (χ4n) is 3.31. The summed E-state index contributed by atoms with van der Waals surface area (Å²) in [4.78, 5) is 0. The van der Waals surface area contributed by atoms with Gasteiger partial charge < -0.3 is 16.6 Å². The lowest BCUT2D eigenvalue weighted by Crippen LogP contribution is -2.33. The molecule has 0 aliphatic heterocycles. The Hall–Kier alpha value is -1.10. The highest BCUT2D eigenvalue weighted by Crippen LogP contribution is 2.48. The first-order valence-corrected chi connectivity index (χ1v) is 6.90. The van der Waals surface area contributed by atoms with Gasteiger partial charge in [-0.2, -0.15) is 5.10 Å². The Morgan fingerprint density at radius 3 is 2.17 bits per heavy atom. The molecule has 0 bridgehead atoms. The van der Waals surface area contributed by atoms with Gasteiger partial charge >= 0.3 is 0 Å². The number of nitrogens with two attached hydrogens (primary N) is 2. The molecule has 0 aromatic rings. The van der Waals surface area contributed by atoms with Crippen molar-refractivity contribution in [3.63, 3.8) is 0 Å². The molecular weight excluding hydrogens is 228 g/mol. The molecular formula is C13H24N4O. The van der Waals surface area contributed by atoms with E-state index in [1.165, 1.54) is 38.5 Å². The number of guanidine groups is 1. The maximum absolute atomic E-state index is 9.58. The van der Waals surface area contributed by atoms with Crippen molar-refractivity contribution in [3.05, 3.63) is 0 Å². The third-order valence-electron chi connectivity index (χ3n) is 4.56. The molecule has 0 heterocycles. The first-order chi connectivity index (χ1) is 8.60. The summed E-state index contributed by atoms with van der Waals surface area (Å²) in [5, 5.41) is 17.1. The van der Waals surface area contributed by atoms with Crippen LogP contribution in [-0.2, 0) is 0 Å². The highest BCUT2D eigenvalue weighted by Gasteiger charge is 2.37. The van der Waals surface area contributed by atoms with Gasteiger partial charge in [-0.1, -0.05) is 0 Å². The number of aliphatic hydroxyl groups excluding tert-OH is 1. The SMILES string of the molecule is NC(N)=N/N=C/C1CCC2(CCC(O)CC2)CC1. The molecule has 0 saturated heterocycles. The van der Waals surface area contributed by atoms with Gasteiger partial charge in [0.1, 0.15) is 0 Å². The van der Waals surface area contributed by atoms with E-state index in [1.54, 1.807) is 0 Å². The zero-order valence-corrected chi connectivity index (χ0v) is 10.9. The summed E-state index contributed by atoms with van der Waals surface area (Å²) in [6.07, 6.45) is 11.0. The molecule has 0 radical (unpaired) electrons. The molecule has 2 fully saturated rings. The van der Waals surface area contributed by atoms with E-state index < -0.39 is 0 Å². The van der Waals surface area contributed by atoms with Gasteiger partial charge in [0.25, 0.3) is 0 Å². The summed E-state index contributed by atoms with van der Waals surface area (Å²) < 4.78 is 0. The van der Waals surface area contributed by atoms with E-state index >= 15 is 0 Å². The number of aliphatic hydroxyl groups is 1. The van der Waals surface area contributed by atoms with Crippen LogP contribution >= 0.6 is 0 Å². The summed E-state index contributed by atoms with van der Waals surface area (Å²) >= 11 is 0. The van der Waals surface area contributed by atoms with E-state index in [0.29, 0.717) is 11.3 Å². The average molecular weight is 252 g/mol.